The van der Waals surface area contributed by atoms with Gasteiger partial charge in [0.25, 0.3) is 5.91 Å². The molecular formula is C18H22N4O2S. The lowest BCUT2D eigenvalue weighted by Crippen LogP contribution is -2.44. The molecule has 2 amide bonds. The quantitative estimate of drug-likeness (QED) is 0.891. The Labute approximate surface area is 151 Å². The number of nitrogens with zero attached hydrogens (tertiary/aromatic N) is 3. The molecule has 2 aromatic heterocycles. The third-order valence-corrected chi connectivity index (χ3v) is 5.43. The van der Waals surface area contributed by atoms with Crippen molar-refractivity contribution >= 4 is 28.3 Å². The van der Waals surface area contributed by atoms with Crippen LogP contribution in [0.1, 0.15) is 36.5 Å². The fourth-order valence-corrected chi connectivity index (χ4v) is 3.91. The molecule has 6 nitrogen and oxygen atoms in total. The molecule has 0 saturated carbocycles. The fraction of sp³-hybridized carbons (Fsp3) is 0.444. The summed E-state index contributed by atoms with van der Waals surface area (Å²) in [6, 6.07) is 3.57. The molecule has 0 bridgehead atoms. The second kappa shape index (κ2) is 8.20. The van der Waals surface area contributed by atoms with E-state index in [0.29, 0.717) is 42.0 Å². The van der Waals surface area contributed by atoms with Gasteiger partial charge in [-0.15, -0.1) is 11.3 Å². The van der Waals surface area contributed by atoms with E-state index in [1.165, 1.54) is 11.3 Å². The number of carbonyl (C=O) groups excluding carboxylic acids is 2. The van der Waals surface area contributed by atoms with Crippen LogP contribution in [0.4, 0.5) is 5.13 Å². The number of piperidine rings is 1. The van der Waals surface area contributed by atoms with Crippen molar-refractivity contribution in [3.8, 4) is 0 Å². The van der Waals surface area contributed by atoms with Crippen LogP contribution in [-0.2, 0) is 4.79 Å². The fourth-order valence-electron chi connectivity index (χ4n) is 3.36. The predicted molar refractivity (Wildman–Crippen MR) is 97.4 cm³/mol. The Bertz CT molecular complexity index is 705. The van der Waals surface area contributed by atoms with Crippen molar-refractivity contribution in [1.29, 1.82) is 0 Å². The molecule has 1 aliphatic heterocycles. The minimum Gasteiger partial charge on any atom is -0.338 e. The first-order valence-corrected chi connectivity index (χ1v) is 9.44. The lowest BCUT2D eigenvalue weighted by molar-refractivity contribution is -0.117. The first-order valence-electron chi connectivity index (χ1n) is 8.56. The maximum absolute atomic E-state index is 12.6. The average molecular weight is 358 g/mol. The van der Waals surface area contributed by atoms with Gasteiger partial charge in [0.1, 0.15) is 0 Å². The van der Waals surface area contributed by atoms with E-state index in [4.69, 9.17) is 0 Å². The Morgan fingerprint density at radius 2 is 2.24 bits per heavy atom. The lowest BCUT2D eigenvalue weighted by atomic mass is 9.81. The molecule has 7 heteroatoms. The summed E-state index contributed by atoms with van der Waals surface area (Å²) < 4.78 is 0. The summed E-state index contributed by atoms with van der Waals surface area (Å²) in [7, 11) is 0. The molecule has 1 fully saturated rings. The molecule has 1 saturated heterocycles. The van der Waals surface area contributed by atoms with Gasteiger partial charge in [-0.25, -0.2) is 4.98 Å². The van der Waals surface area contributed by atoms with E-state index in [1.807, 2.05) is 10.3 Å². The van der Waals surface area contributed by atoms with Crippen molar-refractivity contribution in [2.45, 2.75) is 26.2 Å². The van der Waals surface area contributed by atoms with Crippen molar-refractivity contribution in [1.82, 2.24) is 14.9 Å². The van der Waals surface area contributed by atoms with Crippen LogP contribution in [0, 0.1) is 11.8 Å². The molecule has 0 aromatic carbocycles. The smallest absolute Gasteiger partial charge is 0.255 e. The number of anilines is 1. The van der Waals surface area contributed by atoms with Crippen LogP contribution < -0.4 is 5.32 Å². The Kier molecular flexibility index (Phi) is 5.75. The molecule has 3 heterocycles. The highest BCUT2D eigenvalue weighted by molar-refractivity contribution is 7.13. The SMILES string of the molecule is CCC1CN(C(=O)c2cccnc2)CCC1CC(=O)Nc1nccs1. The maximum Gasteiger partial charge on any atom is 0.255 e. The molecule has 2 aromatic rings. The highest BCUT2D eigenvalue weighted by atomic mass is 32.1. The number of amides is 2. The van der Waals surface area contributed by atoms with Crippen LogP contribution in [0.3, 0.4) is 0 Å². The van der Waals surface area contributed by atoms with Gasteiger partial charge in [0.2, 0.25) is 5.91 Å². The van der Waals surface area contributed by atoms with E-state index in [0.717, 1.165) is 12.8 Å². The van der Waals surface area contributed by atoms with Crippen LogP contribution in [0.25, 0.3) is 0 Å². The van der Waals surface area contributed by atoms with Gasteiger partial charge < -0.3 is 10.2 Å². The van der Waals surface area contributed by atoms with Crippen LogP contribution in [-0.4, -0.2) is 39.8 Å². The average Bonchev–Trinajstić information content (AvgIpc) is 3.15. The normalized spacial score (nSPS) is 20.3. The topological polar surface area (TPSA) is 75.2 Å². The van der Waals surface area contributed by atoms with Gasteiger partial charge in [0.05, 0.1) is 5.56 Å². The number of aromatic nitrogens is 2. The summed E-state index contributed by atoms with van der Waals surface area (Å²) in [6.07, 6.45) is 7.22. The molecule has 0 radical (unpaired) electrons. The van der Waals surface area contributed by atoms with Crippen molar-refractivity contribution < 1.29 is 9.59 Å². The largest absolute Gasteiger partial charge is 0.338 e. The van der Waals surface area contributed by atoms with Gasteiger partial charge in [-0.1, -0.05) is 13.3 Å². The standard InChI is InChI=1S/C18H22N4O2S/c1-2-13-12-22(17(24)15-4-3-6-19-11-15)8-5-14(13)10-16(23)21-18-20-7-9-25-18/h3-4,6-7,9,11,13-14H,2,5,8,10,12H2,1H3,(H,20,21,23). The van der Waals surface area contributed by atoms with Crippen molar-refractivity contribution in [2.75, 3.05) is 18.4 Å². The Morgan fingerprint density at radius 1 is 1.36 bits per heavy atom. The molecule has 3 rings (SSSR count). The highest BCUT2D eigenvalue weighted by Crippen LogP contribution is 2.30. The summed E-state index contributed by atoms with van der Waals surface area (Å²) in [5.41, 5.74) is 0.623. The number of rotatable bonds is 5. The van der Waals surface area contributed by atoms with Gasteiger partial charge in [0.15, 0.2) is 5.13 Å². The van der Waals surface area contributed by atoms with Gasteiger partial charge in [-0.3, -0.25) is 14.6 Å². The van der Waals surface area contributed by atoms with Crippen LogP contribution in [0.2, 0.25) is 0 Å². The molecule has 25 heavy (non-hydrogen) atoms. The molecule has 0 spiro atoms. The number of likely N-dealkylation sites (tertiary alicyclic amines) is 1. The summed E-state index contributed by atoms with van der Waals surface area (Å²) in [5, 5.41) is 5.33. The summed E-state index contributed by atoms with van der Waals surface area (Å²) in [6.45, 7) is 3.49. The first-order chi connectivity index (χ1) is 12.2. The van der Waals surface area contributed by atoms with Crippen LogP contribution in [0.5, 0.6) is 0 Å². The first kappa shape index (κ1) is 17.5. The summed E-state index contributed by atoms with van der Waals surface area (Å²) in [5.74, 6) is 0.655. The Balaban J connectivity index is 1.58. The molecule has 0 aliphatic carbocycles. The summed E-state index contributed by atoms with van der Waals surface area (Å²) >= 11 is 1.42. The Hall–Kier alpha value is -2.28. The number of thiazole rings is 1. The minimum absolute atomic E-state index is 0.00503. The van der Waals surface area contributed by atoms with Crippen LogP contribution >= 0.6 is 11.3 Å². The zero-order valence-corrected chi connectivity index (χ0v) is 15.0. The third kappa shape index (κ3) is 4.42. The van der Waals surface area contributed by atoms with E-state index < -0.39 is 0 Å². The second-order valence-electron chi connectivity index (χ2n) is 6.30. The number of hydrogen-bond acceptors (Lipinski definition) is 5. The molecule has 132 valence electrons. The second-order valence-corrected chi connectivity index (χ2v) is 7.19. The zero-order chi connectivity index (χ0) is 17.6. The maximum atomic E-state index is 12.6. The highest BCUT2D eigenvalue weighted by Gasteiger charge is 2.32. The molecule has 2 unspecified atom stereocenters. The van der Waals surface area contributed by atoms with Gasteiger partial charge >= 0.3 is 0 Å². The van der Waals surface area contributed by atoms with Crippen molar-refractivity contribution in [3.63, 3.8) is 0 Å². The number of pyridine rings is 1. The van der Waals surface area contributed by atoms with Crippen molar-refractivity contribution in [3.05, 3.63) is 41.7 Å². The monoisotopic (exact) mass is 358 g/mol. The van der Waals surface area contributed by atoms with E-state index in [9.17, 15) is 9.59 Å². The van der Waals surface area contributed by atoms with E-state index in [1.54, 1.807) is 30.7 Å². The number of nitrogens with one attached hydrogen (secondary N) is 1. The molecular weight excluding hydrogens is 336 g/mol. The minimum atomic E-state index is 0.00503. The van der Waals surface area contributed by atoms with E-state index >= 15 is 0 Å². The van der Waals surface area contributed by atoms with E-state index in [-0.39, 0.29) is 11.8 Å². The van der Waals surface area contributed by atoms with Gasteiger partial charge in [-0.05, 0) is 30.4 Å². The molecule has 1 aliphatic rings. The molecule has 1 N–H and O–H groups in total. The van der Waals surface area contributed by atoms with Gasteiger partial charge in [-0.2, -0.15) is 0 Å². The van der Waals surface area contributed by atoms with Gasteiger partial charge in [0, 0.05) is 43.5 Å². The van der Waals surface area contributed by atoms with Crippen molar-refractivity contribution in [2.24, 2.45) is 11.8 Å². The molecule has 2 atom stereocenters. The third-order valence-electron chi connectivity index (χ3n) is 4.74. The van der Waals surface area contributed by atoms with Crippen LogP contribution in [0.15, 0.2) is 36.1 Å². The lowest BCUT2D eigenvalue weighted by Gasteiger charge is -2.38. The zero-order valence-electron chi connectivity index (χ0n) is 14.2. The summed E-state index contributed by atoms with van der Waals surface area (Å²) in [4.78, 5) is 34.8. The Morgan fingerprint density at radius 3 is 2.92 bits per heavy atom. The van der Waals surface area contributed by atoms with E-state index in [2.05, 4.69) is 22.2 Å². The predicted octanol–water partition coefficient (Wildman–Crippen LogP) is 3.06. The number of carbonyl (C=O) groups is 2. The number of hydrogen-bond donors (Lipinski definition) is 1.